The van der Waals surface area contributed by atoms with E-state index in [1.807, 2.05) is 6.92 Å². The van der Waals surface area contributed by atoms with Crippen LogP contribution in [0.2, 0.25) is 0 Å². The standard InChI is InChI=1S/C15H21N3O3.ClH/c1-9-3-4-10(14(19)17-2)7-12(9)18-15(20)13-6-5-11(8-16)21-13;/h3-4,7,11,13H,5-6,8,16H2,1-2H3,(H,17,19)(H,18,20);1H/t11-,13+;/m1./s1. The second-order valence-corrected chi connectivity index (χ2v) is 5.16. The third-order valence-electron chi connectivity index (χ3n) is 3.65. The Kier molecular flexibility index (Phi) is 6.80. The average Bonchev–Trinajstić information content (AvgIpc) is 2.97. The Labute approximate surface area is 136 Å². The highest BCUT2D eigenvalue weighted by atomic mass is 35.5. The summed E-state index contributed by atoms with van der Waals surface area (Å²) >= 11 is 0. The van der Waals surface area contributed by atoms with Crippen LogP contribution in [0.3, 0.4) is 0 Å². The van der Waals surface area contributed by atoms with Crippen molar-refractivity contribution >= 4 is 29.9 Å². The molecule has 122 valence electrons. The molecule has 0 saturated carbocycles. The second-order valence-electron chi connectivity index (χ2n) is 5.16. The fourth-order valence-corrected chi connectivity index (χ4v) is 2.33. The van der Waals surface area contributed by atoms with Gasteiger partial charge in [-0.1, -0.05) is 6.07 Å². The fraction of sp³-hybridized carbons (Fsp3) is 0.467. The van der Waals surface area contributed by atoms with Crippen LogP contribution in [0.15, 0.2) is 18.2 Å². The number of amides is 2. The van der Waals surface area contributed by atoms with E-state index in [-0.39, 0.29) is 30.3 Å². The van der Waals surface area contributed by atoms with Gasteiger partial charge in [0.1, 0.15) is 6.10 Å². The summed E-state index contributed by atoms with van der Waals surface area (Å²) in [5.41, 5.74) is 7.56. The van der Waals surface area contributed by atoms with Crippen molar-refractivity contribution in [3.8, 4) is 0 Å². The van der Waals surface area contributed by atoms with E-state index in [1.54, 1.807) is 25.2 Å². The third kappa shape index (κ3) is 4.19. The number of carbonyl (C=O) groups excluding carboxylic acids is 2. The first-order valence-electron chi connectivity index (χ1n) is 7.04. The number of benzene rings is 1. The summed E-state index contributed by atoms with van der Waals surface area (Å²) < 4.78 is 5.57. The Morgan fingerprint density at radius 2 is 2.09 bits per heavy atom. The van der Waals surface area contributed by atoms with Crippen LogP contribution >= 0.6 is 12.4 Å². The van der Waals surface area contributed by atoms with E-state index in [0.717, 1.165) is 12.0 Å². The molecule has 6 nitrogen and oxygen atoms in total. The highest BCUT2D eigenvalue weighted by Crippen LogP contribution is 2.22. The summed E-state index contributed by atoms with van der Waals surface area (Å²) in [6.45, 7) is 2.30. The molecule has 0 unspecified atom stereocenters. The zero-order valence-electron chi connectivity index (χ0n) is 12.7. The van der Waals surface area contributed by atoms with Crippen LogP contribution in [0.1, 0.15) is 28.8 Å². The third-order valence-corrected chi connectivity index (χ3v) is 3.65. The molecule has 22 heavy (non-hydrogen) atoms. The van der Waals surface area contributed by atoms with Gasteiger partial charge in [-0.25, -0.2) is 0 Å². The predicted octanol–water partition coefficient (Wildman–Crippen LogP) is 1.22. The van der Waals surface area contributed by atoms with Crippen LogP contribution in [-0.2, 0) is 9.53 Å². The quantitative estimate of drug-likeness (QED) is 0.775. The molecule has 4 N–H and O–H groups in total. The summed E-state index contributed by atoms with van der Waals surface area (Å²) in [6, 6.07) is 5.19. The summed E-state index contributed by atoms with van der Waals surface area (Å²) in [6.07, 6.45) is 0.953. The summed E-state index contributed by atoms with van der Waals surface area (Å²) in [5, 5.41) is 5.39. The number of halogens is 1. The van der Waals surface area contributed by atoms with Gasteiger partial charge < -0.3 is 21.1 Å². The zero-order valence-corrected chi connectivity index (χ0v) is 13.5. The minimum Gasteiger partial charge on any atom is -0.364 e. The minimum atomic E-state index is -0.471. The van der Waals surface area contributed by atoms with Gasteiger partial charge in [-0.3, -0.25) is 9.59 Å². The fourth-order valence-electron chi connectivity index (χ4n) is 2.33. The van der Waals surface area contributed by atoms with Gasteiger partial charge in [0.25, 0.3) is 11.8 Å². The van der Waals surface area contributed by atoms with Crippen molar-refractivity contribution in [1.82, 2.24) is 5.32 Å². The number of rotatable bonds is 4. The maximum Gasteiger partial charge on any atom is 0.253 e. The van der Waals surface area contributed by atoms with Crippen LogP contribution in [0, 0.1) is 6.92 Å². The van der Waals surface area contributed by atoms with Crippen molar-refractivity contribution in [2.75, 3.05) is 18.9 Å². The first-order valence-corrected chi connectivity index (χ1v) is 7.04. The SMILES string of the molecule is CNC(=O)c1ccc(C)c(NC(=O)[C@@H]2CC[C@H](CN)O2)c1.Cl. The van der Waals surface area contributed by atoms with Gasteiger partial charge in [-0.15, -0.1) is 12.4 Å². The molecule has 1 fully saturated rings. The van der Waals surface area contributed by atoms with E-state index in [4.69, 9.17) is 10.5 Å². The summed E-state index contributed by atoms with van der Waals surface area (Å²) in [5.74, 6) is -0.381. The van der Waals surface area contributed by atoms with Gasteiger partial charge in [0, 0.05) is 24.8 Å². The van der Waals surface area contributed by atoms with Crippen LogP contribution < -0.4 is 16.4 Å². The normalized spacial score (nSPS) is 20.1. The molecule has 2 amide bonds. The molecule has 1 aliphatic rings. The van der Waals surface area contributed by atoms with Gasteiger partial charge >= 0.3 is 0 Å². The predicted molar refractivity (Wildman–Crippen MR) is 87.4 cm³/mol. The van der Waals surface area contributed by atoms with Crippen molar-refractivity contribution in [2.45, 2.75) is 32.0 Å². The summed E-state index contributed by atoms with van der Waals surface area (Å²) in [4.78, 5) is 23.8. The van der Waals surface area contributed by atoms with Gasteiger partial charge in [-0.2, -0.15) is 0 Å². The Morgan fingerprint density at radius 1 is 1.36 bits per heavy atom. The number of nitrogens with two attached hydrogens (primary N) is 1. The topological polar surface area (TPSA) is 93.5 Å². The van der Waals surface area contributed by atoms with E-state index < -0.39 is 6.10 Å². The van der Waals surface area contributed by atoms with Gasteiger partial charge in [0.2, 0.25) is 0 Å². The van der Waals surface area contributed by atoms with Crippen LogP contribution in [-0.4, -0.2) is 37.6 Å². The molecule has 0 spiro atoms. The largest absolute Gasteiger partial charge is 0.364 e. The Balaban J connectivity index is 0.00000242. The Hall–Kier alpha value is -1.63. The number of aryl methyl sites for hydroxylation is 1. The molecule has 2 rings (SSSR count). The number of hydrogen-bond acceptors (Lipinski definition) is 4. The van der Waals surface area contributed by atoms with E-state index in [2.05, 4.69) is 10.6 Å². The maximum atomic E-state index is 12.2. The smallest absolute Gasteiger partial charge is 0.253 e. The first kappa shape index (κ1) is 18.4. The number of ether oxygens (including phenoxy) is 1. The molecule has 1 heterocycles. The van der Waals surface area contributed by atoms with Crippen molar-refractivity contribution < 1.29 is 14.3 Å². The van der Waals surface area contributed by atoms with Gasteiger partial charge in [0.05, 0.1) is 6.10 Å². The molecule has 1 aromatic carbocycles. The number of nitrogens with one attached hydrogen (secondary N) is 2. The van der Waals surface area contributed by atoms with Crippen LogP contribution in [0.4, 0.5) is 5.69 Å². The Bertz CT molecular complexity index is 551. The van der Waals surface area contributed by atoms with E-state index in [1.165, 1.54) is 0 Å². The number of hydrogen-bond donors (Lipinski definition) is 3. The highest BCUT2D eigenvalue weighted by Gasteiger charge is 2.30. The van der Waals surface area contributed by atoms with Crippen LogP contribution in [0.5, 0.6) is 0 Å². The molecule has 0 radical (unpaired) electrons. The molecular formula is C15H22ClN3O3. The maximum absolute atomic E-state index is 12.2. The Morgan fingerprint density at radius 3 is 2.68 bits per heavy atom. The average molecular weight is 328 g/mol. The second kappa shape index (κ2) is 8.12. The molecule has 7 heteroatoms. The zero-order chi connectivity index (χ0) is 15.4. The van der Waals surface area contributed by atoms with E-state index in [9.17, 15) is 9.59 Å². The molecule has 1 aromatic rings. The van der Waals surface area contributed by atoms with Crippen molar-refractivity contribution in [1.29, 1.82) is 0 Å². The lowest BCUT2D eigenvalue weighted by atomic mass is 10.1. The molecule has 0 bridgehead atoms. The van der Waals surface area contributed by atoms with E-state index in [0.29, 0.717) is 24.2 Å². The molecule has 2 atom stereocenters. The van der Waals surface area contributed by atoms with Gasteiger partial charge in [0.15, 0.2) is 0 Å². The van der Waals surface area contributed by atoms with Gasteiger partial charge in [-0.05, 0) is 37.5 Å². The molecule has 0 aliphatic carbocycles. The molecular weight excluding hydrogens is 306 g/mol. The highest BCUT2D eigenvalue weighted by molar-refractivity contribution is 5.98. The lowest BCUT2D eigenvalue weighted by molar-refractivity contribution is -0.126. The number of carbonyl (C=O) groups is 2. The van der Waals surface area contributed by atoms with Crippen molar-refractivity contribution in [2.24, 2.45) is 5.73 Å². The van der Waals surface area contributed by atoms with E-state index >= 15 is 0 Å². The molecule has 1 aliphatic heterocycles. The lowest BCUT2D eigenvalue weighted by Gasteiger charge is -2.14. The van der Waals surface area contributed by atoms with Crippen molar-refractivity contribution in [3.05, 3.63) is 29.3 Å². The van der Waals surface area contributed by atoms with Crippen LogP contribution in [0.25, 0.3) is 0 Å². The lowest BCUT2D eigenvalue weighted by Crippen LogP contribution is -2.30. The van der Waals surface area contributed by atoms with Crippen molar-refractivity contribution in [3.63, 3.8) is 0 Å². The molecule has 0 aromatic heterocycles. The minimum absolute atomic E-state index is 0. The molecule has 1 saturated heterocycles. The monoisotopic (exact) mass is 327 g/mol. The first-order chi connectivity index (χ1) is 10.0. The number of anilines is 1. The summed E-state index contributed by atoms with van der Waals surface area (Å²) in [7, 11) is 1.57.